The largest absolute Gasteiger partial charge is 0.481 e. The molecule has 1 fully saturated rings. The second kappa shape index (κ2) is 13.2. The van der Waals surface area contributed by atoms with E-state index in [1.165, 1.54) is 13.2 Å². The van der Waals surface area contributed by atoms with E-state index in [4.69, 9.17) is 37.7 Å². The molecule has 7 rings (SSSR count). The van der Waals surface area contributed by atoms with Crippen molar-refractivity contribution in [3.63, 3.8) is 0 Å². The van der Waals surface area contributed by atoms with E-state index in [-0.39, 0.29) is 33.3 Å². The molecule has 5 aromatic rings. The molecule has 2 aromatic carbocycles. The minimum atomic E-state index is -4.76. The standard InChI is InChI=1S/C35H31Cl2F3N6O3/c1-46-34(47)29-19(17-41-46)16-27(35(38,39)40)45-32(29)43-25-8-4-6-22(31(25)37)21-5-3-7-23(30(21)36)26-15-18-9-10-24(28(18)33(44-26)48-2)42-20-11-13-49-14-12-20/h3-8,15-17,20,24,42H,9-14H2,1-2H3,(H,43,45)/t24-/m0/s1. The first-order valence-electron chi connectivity index (χ1n) is 15.7. The van der Waals surface area contributed by atoms with E-state index in [2.05, 4.69) is 20.7 Å². The summed E-state index contributed by atoms with van der Waals surface area (Å²) in [5, 5.41) is 11.0. The van der Waals surface area contributed by atoms with Crippen molar-refractivity contribution in [2.75, 3.05) is 25.6 Å². The zero-order valence-electron chi connectivity index (χ0n) is 26.5. The first-order valence-corrected chi connectivity index (χ1v) is 16.5. The fourth-order valence-corrected chi connectivity index (χ4v) is 7.21. The zero-order valence-corrected chi connectivity index (χ0v) is 28.0. The smallest absolute Gasteiger partial charge is 0.433 e. The molecule has 2 N–H and O–H groups in total. The van der Waals surface area contributed by atoms with Gasteiger partial charge < -0.3 is 20.1 Å². The quantitative estimate of drug-likeness (QED) is 0.176. The number of aryl methyl sites for hydroxylation is 2. The van der Waals surface area contributed by atoms with Crippen LogP contribution in [0.15, 0.2) is 59.5 Å². The van der Waals surface area contributed by atoms with Crippen molar-refractivity contribution in [1.29, 1.82) is 0 Å². The highest BCUT2D eigenvalue weighted by Gasteiger charge is 2.34. The Labute approximate surface area is 289 Å². The molecule has 1 aliphatic carbocycles. The lowest BCUT2D eigenvalue weighted by molar-refractivity contribution is -0.140. The van der Waals surface area contributed by atoms with Crippen LogP contribution in [0, 0.1) is 0 Å². The average molecular weight is 712 g/mol. The molecule has 0 radical (unpaired) electrons. The maximum Gasteiger partial charge on any atom is 0.433 e. The molecule has 1 atom stereocenters. The van der Waals surface area contributed by atoms with Gasteiger partial charge in [-0.2, -0.15) is 18.3 Å². The molecule has 0 bridgehead atoms. The topological polar surface area (TPSA) is 103 Å². The Hall–Kier alpha value is -4.23. The zero-order chi connectivity index (χ0) is 34.4. The number of pyridine rings is 2. The van der Waals surface area contributed by atoms with Crippen molar-refractivity contribution in [3.05, 3.63) is 91.9 Å². The number of nitrogens with zero attached hydrogens (tertiary/aromatic N) is 4. The molecule has 1 saturated heterocycles. The van der Waals surface area contributed by atoms with Gasteiger partial charge in [0.05, 0.1) is 40.1 Å². The van der Waals surface area contributed by atoms with Gasteiger partial charge in [0.25, 0.3) is 5.56 Å². The van der Waals surface area contributed by atoms with E-state index in [1.807, 2.05) is 18.2 Å². The minimum absolute atomic E-state index is 0.0149. The summed E-state index contributed by atoms with van der Waals surface area (Å²) >= 11 is 14.0. The predicted octanol–water partition coefficient (Wildman–Crippen LogP) is 7.89. The Morgan fingerprint density at radius 2 is 1.69 bits per heavy atom. The third-order valence-corrected chi connectivity index (χ3v) is 9.86. The molecular formula is C35H31Cl2F3N6O3. The molecule has 254 valence electrons. The summed E-state index contributed by atoms with van der Waals surface area (Å²) in [7, 11) is 3.02. The van der Waals surface area contributed by atoms with Gasteiger partial charge in [0.1, 0.15) is 11.5 Å². The van der Waals surface area contributed by atoms with Crippen LogP contribution >= 0.6 is 23.2 Å². The van der Waals surface area contributed by atoms with Gasteiger partial charge >= 0.3 is 6.18 Å². The first kappa shape index (κ1) is 33.3. The molecule has 49 heavy (non-hydrogen) atoms. The number of fused-ring (bicyclic) bond motifs is 2. The fraction of sp³-hybridized carbons (Fsp3) is 0.314. The van der Waals surface area contributed by atoms with Gasteiger partial charge in [-0.3, -0.25) is 4.79 Å². The average Bonchev–Trinajstić information content (AvgIpc) is 3.49. The van der Waals surface area contributed by atoms with Crippen LogP contribution in [-0.2, 0) is 24.4 Å². The molecule has 4 heterocycles. The number of nitrogens with one attached hydrogen (secondary N) is 2. The molecule has 14 heteroatoms. The number of anilines is 2. The number of hydrogen-bond acceptors (Lipinski definition) is 8. The Morgan fingerprint density at radius 1 is 0.980 bits per heavy atom. The normalized spacial score (nSPS) is 16.6. The van der Waals surface area contributed by atoms with Crippen LogP contribution in [0.4, 0.5) is 24.7 Å². The highest BCUT2D eigenvalue weighted by atomic mass is 35.5. The van der Waals surface area contributed by atoms with Gasteiger partial charge in [-0.15, -0.1) is 0 Å². The molecule has 0 spiro atoms. The number of hydrogen-bond donors (Lipinski definition) is 2. The van der Waals surface area contributed by atoms with Crippen molar-refractivity contribution in [2.45, 2.75) is 43.9 Å². The molecule has 3 aromatic heterocycles. The maximum atomic E-state index is 13.8. The van der Waals surface area contributed by atoms with Crippen LogP contribution < -0.4 is 20.9 Å². The van der Waals surface area contributed by atoms with E-state index in [9.17, 15) is 18.0 Å². The van der Waals surface area contributed by atoms with E-state index >= 15 is 0 Å². The Morgan fingerprint density at radius 3 is 2.43 bits per heavy atom. The van der Waals surface area contributed by atoms with E-state index in [1.54, 1.807) is 31.4 Å². The second-order valence-electron chi connectivity index (χ2n) is 12.1. The number of ether oxygens (including phenoxy) is 2. The Balaban J connectivity index is 1.25. The summed E-state index contributed by atoms with van der Waals surface area (Å²) in [5.41, 5.74) is 3.03. The van der Waals surface area contributed by atoms with Crippen LogP contribution in [0.1, 0.15) is 42.1 Å². The summed E-state index contributed by atoms with van der Waals surface area (Å²) in [6.45, 7) is 1.50. The summed E-state index contributed by atoms with van der Waals surface area (Å²) in [6.07, 6.45) is 0.135. The summed E-state index contributed by atoms with van der Waals surface area (Å²) in [6, 6.07) is 13.9. The van der Waals surface area contributed by atoms with E-state index < -0.39 is 17.4 Å². The number of methoxy groups -OCH3 is 1. The highest BCUT2D eigenvalue weighted by molar-refractivity contribution is 6.39. The van der Waals surface area contributed by atoms with Crippen molar-refractivity contribution < 1.29 is 22.6 Å². The molecule has 0 unspecified atom stereocenters. The summed E-state index contributed by atoms with van der Waals surface area (Å²) < 4.78 is 53.7. The van der Waals surface area contributed by atoms with Crippen molar-refractivity contribution in [2.24, 2.45) is 7.05 Å². The number of rotatable bonds is 7. The lowest BCUT2D eigenvalue weighted by atomic mass is 9.99. The van der Waals surface area contributed by atoms with Gasteiger partial charge in [-0.1, -0.05) is 53.5 Å². The van der Waals surface area contributed by atoms with Gasteiger partial charge in [0.2, 0.25) is 5.88 Å². The molecule has 0 saturated carbocycles. The molecular weight excluding hydrogens is 680 g/mol. The maximum absolute atomic E-state index is 13.8. The molecule has 1 aliphatic heterocycles. The highest BCUT2D eigenvalue weighted by Crippen LogP contribution is 2.45. The van der Waals surface area contributed by atoms with Crippen molar-refractivity contribution in [3.8, 4) is 28.3 Å². The lowest BCUT2D eigenvalue weighted by Gasteiger charge is -2.27. The van der Waals surface area contributed by atoms with Crippen LogP contribution in [0.2, 0.25) is 10.0 Å². The lowest BCUT2D eigenvalue weighted by Crippen LogP contribution is -2.36. The third kappa shape index (κ3) is 6.34. The Bertz CT molecular complexity index is 2140. The first-order chi connectivity index (χ1) is 23.5. The van der Waals surface area contributed by atoms with Gasteiger partial charge in [0.15, 0.2) is 0 Å². The number of aromatic nitrogens is 4. The summed E-state index contributed by atoms with van der Waals surface area (Å²) in [5.74, 6) is 0.244. The van der Waals surface area contributed by atoms with E-state index in [0.717, 1.165) is 60.8 Å². The second-order valence-corrected chi connectivity index (χ2v) is 12.8. The Kier molecular flexibility index (Phi) is 8.99. The number of benzene rings is 2. The van der Waals surface area contributed by atoms with Gasteiger partial charge in [-0.05, 0) is 49.4 Å². The van der Waals surface area contributed by atoms with E-state index in [0.29, 0.717) is 39.3 Å². The summed E-state index contributed by atoms with van der Waals surface area (Å²) in [4.78, 5) is 21.6. The fourth-order valence-electron chi connectivity index (χ4n) is 6.61. The van der Waals surface area contributed by atoms with Crippen LogP contribution in [-0.4, -0.2) is 46.1 Å². The molecule has 9 nitrogen and oxygen atoms in total. The van der Waals surface area contributed by atoms with Crippen LogP contribution in [0.3, 0.4) is 0 Å². The van der Waals surface area contributed by atoms with Crippen molar-refractivity contribution in [1.82, 2.24) is 25.1 Å². The third-order valence-electron chi connectivity index (χ3n) is 9.05. The van der Waals surface area contributed by atoms with Crippen LogP contribution in [0.25, 0.3) is 33.2 Å². The monoisotopic (exact) mass is 710 g/mol. The predicted molar refractivity (Wildman–Crippen MR) is 183 cm³/mol. The number of alkyl halides is 3. The van der Waals surface area contributed by atoms with Gasteiger partial charge in [0, 0.05) is 60.0 Å². The number of halogens is 5. The SMILES string of the molecule is COc1nc(-c2cccc(-c3cccc(Nc4nc(C(F)(F)F)cc5cnn(C)c(=O)c45)c3Cl)c2Cl)cc2c1[C@@H](NC1CCOCC1)CC2. The molecule has 0 amide bonds. The van der Waals surface area contributed by atoms with Gasteiger partial charge in [-0.25, -0.2) is 14.6 Å². The minimum Gasteiger partial charge on any atom is -0.481 e. The van der Waals surface area contributed by atoms with Crippen LogP contribution in [0.5, 0.6) is 5.88 Å². The molecule has 2 aliphatic rings. The van der Waals surface area contributed by atoms with Crippen molar-refractivity contribution >= 4 is 45.5 Å².